The van der Waals surface area contributed by atoms with Crippen molar-refractivity contribution in [3.8, 4) is 0 Å². The molecule has 2 atom stereocenters. The monoisotopic (exact) mass is 275 g/mol. The van der Waals surface area contributed by atoms with E-state index in [0.29, 0.717) is 5.69 Å². The van der Waals surface area contributed by atoms with E-state index in [0.717, 1.165) is 15.8 Å². The van der Waals surface area contributed by atoms with E-state index in [9.17, 15) is 4.21 Å². The van der Waals surface area contributed by atoms with Crippen molar-refractivity contribution in [3.63, 3.8) is 0 Å². The number of nitrogens with two attached hydrogens (primary N) is 1. The molecule has 4 heteroatoms. The maximum atomic E-state index is 12.0. The summed E-state index contributed by atoms with van der Waals surface area (Å²) in [6, 6.07) is 5.46. The number of anilines is 1. The van der Waals surface area contributed by atoms with Crippen LogP contribution in [-0.4, -0.2) is 9.46 Å². The predicted octanol–water partition coefficient (Wildman–Crippen LogP) is 2.94. The minimum Gasteiger partial charge on any atom is -0.398 e. The Kier molecular flexibility index (Phi) is 4.13. The highest BCUT2D eigenvalue weighted by Gasteiger charge is 2.14. The number of rotatable bonds is 3. The van der Waals surface area contributed by atoms with Gasteiger partial charge in [0.1, 0.15) is 0 Å². The summed E-state index contributed by atoms with van der Waals surface area (Å²) in [4.78, 5) is 0.730. The summed E-state index contributed by atoms with van der Waals surface area (Å²) in [5.74, 6) is 0. The number of benzene rings is 1. The SMILES string of the molecule is CCC(C)S(=O)c1cc(Br)ccc1N. The van der Waals surface area contributed by atoms with Crippen molar-refractivity contribution in [2.24, 2.45) is 0 Å². The highest BCUT2D eigenvalue weighted by molar-refractivity contribution is 9.10. The van der Waals surface area contributed by atoms with Crippen LogP contribution in [0.4, 0.5) is 5.69 Å². The Morgan fingerprint density at radius 1 is 1.57 bits per heavy atom. The first-order valence-electron chi connectivity index (χ1n) is 4.51. The van der Waals surface area contributed by atoms with Gasteiger partial charge in [0.15, 0.2) is 0 Å². The lowest BCUT2D eigenvalue weighted by Crippen LogP contribution is -2.11. The average Bonchev–Trinajstić information content (AvgIpc) is 2.19. The van der Waals surface area contributed by atoms with Gasteiger partial charge in [-0.15, -0.1) is 0 Å². The van der Waals surface area contributed by atoms with Crippen LogP contribution in [0.5, 0.6) is 0 Å². The summed E-state index contributed by atoms with van der Waals surface area (Å²) in [7, 11) is -1.01. The van der Waals surface area contributed by atoms with Crippen molar-refractivity contribution in [1.82, 2.24) is 0 Å². The van der Waals surface area contributed by atoms with Crippen molar-refractivity contribution >= 4 is 32.4 Å². The van der Waals surface area contributed by atoms with Crippen LogP contribution in [0.3, 0.4) is 0 Å². The summed E-state index contributed by atoms with van der Waals surface area (Å²) in [5, 5.41) is 0.145. The third-order valence-electron chi connectivity index (χ3n) is 2.13. The first-order valence-corrected chi connectivity index (χ1v) is 6.52. The Morgan fingerprint density at radius 2 is 2.21 bits per heavy atom. The topological polar surface area (TPSA) is 43.1 Å². The van der Waals surface area contributed by atoms with Crippen molar-refractivity contribution in [1.29, 1.82) is 0 Å². The lowest BCUT2D eigenvalue weighted by Gasteiger charge is -2.11. The molecule has 0 aliphatic heterocycles. The molecule has 78 valence electrons. The summed E-state index contributed by atoms with van der Waals surface area (Å²) in [6.45, 7) is 3.99. The van der Waals surface area contributed by atoms with Crippen molar-refractivity contribution in [2.45, 2.75) is 30.4 Å². The van der Waals surface area contributed by atoms with Crippen LogP contribution in [0.1, 0.15) is 20.3 Å². The minimum atomic E-state index is -1.01. The van der Waals surface area contributed by atoms with Crippen molar-refractivity contribution < 1.29 is 4.21 Å². The molecule has 0 amide bonds. The highest BCUT2D eigenvalue weighted by Crippen LogP contribution is 2.24. The third kappa shape index (κ3) is 2.58. The fourth-order valence-corrected chi connectivity index (χ4v) is 2.84. The number of nitrogen functional groups attached to an aromatic ring is 1. The maximum absolute atomic E-state index is 12.0. The highest BCUT2D eigenvalue weighted by atomic mass is 79.9. The Labute approximate surface area is 95.5 Å². The molecule has 2 N–H and O–H groups in total. The first-order chi connectivity index (χ1) is 6.56. The number of hydrogen-bond donors (Lipinski definition) is 1. The van der Waals surface area contributed by atoms with Gasteiger partial charge in [-0.25, -0.2) is 0 Å². The quantitative estimate of drug-likeness (QED) is 0.862. The van der Waals surface area contributed by atoms with Crippen LogP contribution < -0.4 is 5.73 Å². The van der Waals surface area contributed by atoms with Gasteiger partial charge in [0.25, 0.3) is 0 Å². The fraction of sp³-hybridized carbons (Fsp3) is 0.400. The Hall–Kier alpha value is -0.350. The summed E-state index contributed by atoms with van der Waals surface area (Å²) < 4.78 is 12.9. The molecule has 0 spiro atoms. The second-order valence-corrected chi connectivity index (χ2v) is 5.95. The third-order valence-corrected chi connectivity index (χ3v) is 4.48. The Morgan fingerprint density at radius 3 is 2.79 bits per heavy atom. The zero-order valence-corrected chi connectivity index (χ0v) is 10.7. The van der Waals surface area contributed by atoms with E-state index in [4.69, 9.17) is 5.73 Å². The minimum absolute atomic E-state index is 0.145. The Balaban J connectivity index is 3.06. The molecule has 2 nitrogen and oxygen atoms in total. The van der Waals surface area contributed by atoms with Gasteiger partial charge in [0.2, 0.25) is 0 Å². The standard InChI is InChI=1S/C10H14BrNOS/c1-3-7(2)14(13)10-6-8(11)4-5-9(10)12/h4-7H,3,12H2,1-2H3. The van der Waals surface area contributed by atoms with Gasteiger partial charge in [-0.05, 0) is 24.6 Å². The molecule has 2 unspecified atom stereocenters. The van der Waals surface area contributed by atoms with Gasteiger partial charge in [-0.2, -0.15) is 0 Å². The van der Waals surface area contributed by atoms with Crippen LogP contribution in [0.2, 0.25) is 0 Å². The molecule has 0 aliphatic rings. The van der Waals surface area contributed by atoms with E-state index in [2.05, 4.69) is 15.9 Å². The average molecular weight is 276 g/mol. The maximum Gasteiger partial charge on any atom is 0.0631 e. The molecule has 1 rings (SSSR count). The number of halogens is 1. The largest absolute Gasteiger partial charge is 0.398 e. The van der Waals surface area contributed by atoms with E-state index in [1.165, 1.54) is 0 Å². The molecule has 0 fully saturated rings. The molecule has 0 aliphatic carbocycles. The second-order valence-electron chi connectivity index (χ2n) is 3.20. The second kappa shape index (κ2) is 4.94. The van der Waals surface area contributed by atoms with Crippen molar-refractivity contribution in [3.05, 3.63) is 22.7 Å². The lowest BCUT2D eigenvalue weighted by atomic mass is 10.3. The van der Waals surface area contributed by atoms with E-state index in [-0.39, 0.29) is 5.25 Å². The molecule has 14 heavy (non-hydrogen) atoms. The molecule has 1 aromatic carbocycles. The van der Waals surface area contributed by atoms with Crippen LogP contribution in [-0.2, 0) is 10.8 Å². The molecule has 0 aromatic heterocycles. The number of hydrogen-bond acceptors (Lipinski definition) is 2. The van der Waals surface area contributed by atoms with Gasteiger partial charge >= 0.3 is 0 Å². The molecule has 0 saturated heterocycles. The van der Waals surface area contributed by atoms with Gasteiger partial charge in [0, 0.05) is 15.4 Å². The van der Waals surface area contributed by atoms with Gasteiger partial charge < -0.3 is 5.73 Å². The van der Waals surface area contributed by atoms with E-state index in [1.807, 2.05) is 26.0 Å². The van der Waals surface area contributed by atoms with E-state index >= 15 is 0 Å². The van der Waals surface area contributed by atoms with Crippen LogP contribution >= 0.6 is 15.9 Å². The smallest absolute Gasteiger partial charge is 0.0631 e. The molecular formula is C10H14BrNOS. The fourth-order valence-electron chi connectivity index (χ4n) is 1.05. The van der Waals surface area contributed by atoms with Gasteiger partial charge in [0.05, 0.1) is 15.7 Å². The summed E-state index contributed by atoms with van der Waals surface area (Å²) in [5.41, 5.74) is 6.37. The van der Waals surface area contributed by atoms with Crippen LogP contribution in [0, 0.1) is 0 Å². The predicted molar refractivity (Wildman–Crippen MR) is 64.7 cm³/mol. The Bertz CT molecular complexity index is 354. The lowest BCUT2D eigenvalue weighted by molar-refractivity contribution is 0.670. The van der Waals surface area contributed by atoms with E-state index in [1.54, 1.807) is 6.07 Å². The zero-order valence-electron chi connectivity index (χ0n) is 8.29. The molecule has 0 bridgehead atoms. The normalized spacial score (nSPS) is 15.1. The first kappa shape index (κ1) is 11.7. The summed E-state index contributed by atoms with van der Waals surface area (Å²) in [6.07, 6.45) is 0.887. The van der Waals surface area contributed by atoms with Crippen LogP contribution in [0.15, 0.2) is 27.6 Å². The van der Waals surface area contributed by atoms with Gasteiger partial charge in [-0.1, -0.05) is 29.8 Å². The van der Waals surface area contributed by atoms with Gasteiger partial charge in [-0.3, -0.25) is 4.21 Å². The molecule has 0 saturated carbocycles. The van der Waals surface area contributed by atoms with Crippen LogP contribution in [0.25, 0.3) is 0 Å². The molecule has 0 heterocycles. The molecule has 0 radical (unpaired) electrons. The zero-order chi connectivity index (χ0) is 10.7. The van der Waals surface area contributed by atoms with Crippen molar-refractivity contribution in [2.75, 3.05) is 5.73 Å². The molecular weight excluding hydrogens is 262 g/mol. The summed E-state index contributed by atoms with van der Waals surface area (Å²) >= 11 is 3.35. The molecule has 1 aromatic rings. The van der Waals surface area contributed by atoms with E-state index < -0.39 is 10.8 Å².